The second-order valence-corrected chi connectivity index (χ2v) is 5.45. The van der Waals surface area contributed by atoms with Gasteiger partial charge in [0.05, 0.1) is 16.5 Å². The molecule has 0 spiro atoms. The first-order valence-corrected chi connectivity index (χ1v) is 6.74. The summed E-state index contributed by atoms with van der Waals surface area (Å²) in [5.41, 5.74) is 1.83. The van der Waals surface area contributed by atoms with Gasteiger partial charge in [-0.3, -0.25) is 4.98 Å². The van der Waals surface area contributed by atoms with Crippen molar-refractivity contribution < 1.29 is 4.42 Å². The lowest BCUT2D eigenvalue weighted by molar-refractivity contribution is 0.465. The standard InChI is InChI=1S/C9H8Br2N2OS/c10-8-1-6(14-9(8)11)2-12-3-7-4-13-5-15-7/h1,4-5,12H,2-3H2. The Hall–Kier alpha value is -0.170. The maximum absolute atomic E-state index is 5.43. The molecule has 6 heteroatoms. The third-order valence-electron chi connectivity index (χ3n) is 1.78. The number of rotatable bonds is 4. The summed E-state index contributed by atoms with van der Waals surface area (Å²) < 4.78 is 7.10. The van der Waals surface area contributed by atoms with Crippen molar-refractivity contribution in [2.75, 3.05) is 0 Å². The third kappa shape index (κ3) is 3.14. The highest BCUT2D eigenvalue weighted by Crippen LogP contribution is 2.26. The zero-order chi connectivity index (χ0) is 10.7. The van der Waals surface area contributed by atoms with Gasteiger partial charge in [-0.05, 0) is 37.9 Å². The number of aromatic nitrogens is 1. The van der Waals surface area contributed by atoms with E-state index in [2.05, 4.69) is 42.2 Å². The highest BCUT2D eigenvalue weighted by atomic mass is 79.9. The number of hydrogen-bond acceptors (Lipinski definition) is 4. The Kier molecular flexibility index (Phi) is 3.96. The van der Waals surface area contributed by atoms with E-state index in [4.69, 9.17) is 4.42 Å². The average molecular weight is 352 g/mol. The summed E-state index contributed by atoms with van der Waals surface area (Å²) in [5, 5.41) is 3.28. The van der Waals surface area contributed by atoms with Gasteiger partial charge in [0, 0.05) is 17.6 Å². The number of halogens is 2. The first kappa shape index (κ1) is 11.3. The Morgan fingerprint density at radius 2 is 2.27 bits per heavy atom. The minimum Gasteiger partial charge on any atom is -0.452 e. The van der Waals surface area contributed by atoms with E-state index in [9.17, 15) is 0 Å². The van der Waals surface area contributed by atoms with Crippen molar-refractivity contribution in [2.45, 2.75) is 13.1 Å². The Balaban J connectivity index is 1.83. The molecule has 2 aromatic heterocycles. The van der Waals surface area contributed by atoms with Crippen molar-refractivity contribution in [3.63, 3.8) is 0 Å². The van der Waals surface area contributed by atoms with E-state index in [1.807, 2.05) is 17.8 Å². The van der Waals surface area contributed by atoms with Crippen molar-refractivity contribution in [1.82, 2.24) is 10.3 Å². The highest BCUT2D eigenvalue weighted by Gasteiger charge is 2.05. The molecular formula is C9H8Br2N2OS. The van der Waals surface area contributed by atoms with Crippen LogP contribution in [0.3, 0.4) is 0 Å². The van der Waals surface area contributed by atoms with E-state index in [0.717, 1.165) is 21.4 Å². The second-order valence-electron chi connectivity index (χ2n) is 2.91. The predicted molar refractivity (Wildman–Crippen MR) is 66.8 cm³/mol. The Labute approximate surface area is 108 Å². The third-order valence-corrected chi connectivity index (χ3v) is 4.27. The Bertz CT molecular complexity index is 408. The number of hydrogen-bond donors (Lipinski definition) is 1. The van der Waals surface area contributed by atoms with Crippen molar-refractivity contribution in [1.29, 1.82) is 0 Å². The summed E-state index contributed by atoms with van der Waals surface area (Å²) in [6.07, 6.45) is 1.87. The van der Waals surface area contributed by atoms with E-state index in [1.165, 1.54) is 4.88 Å². The normalized spacial score (nSPS) is 10.8. The van der Waals surface area contributed by atoms with Crippen molar-refractivity contribution in [3.05, 3.63) is 37.6 Å². The number of thiazole rings is 1. The van der Waals surface area contributed by atoms with Crippen LogP contribution in [0.15, 0.2) is 31.3 Å². The molecule has 2 heterocycles. The maximum atomic E-state index is 5.43. The van der Waals surface area contributed by atoms with E-state index in [1.54, 1.807) is 11.3 Å². The van der Waals surface area contributed by atoms with Crippen LogP contribution in [0.5, 0.6) is 0 Å². The molecule has 0 bridgehead atoms. The molecule has 1 N–H and O–H groups in total. The predicted octanol–water partition coefficient (Wildman–Crippen LogP) is 3.55. The van der Waals surface area contributed by atoms with Gasteiger partial charge in [0.1, 0.15) is 5.76 Å². The molecule has 0 unspecified atom stereocenters. The van der Waals surface area contributed by atoms with Gasteiger partial charge in [0.25, 0.3) is 0 Å². The Morgan fingerprint density at radius 1 is 1.40 bits per heavy atom. The van der Waals surface area contributed by atoms with Gasteiger partial charge in [-0.25, -0.2) is 0 Å². The highest BCUT2D eigenvalue weighted by molar-refractivity contribution is 9.13. The molecule has 0 aliphatic rings. The summed E-state index contributed by atoms with van der Waals surface area (Å²) in [4.78, 5) is 5.23. The molecule has 0 atom stereocenters. The van der Waals surface area contributed by atoms with Crippen LogP contribution in [0, 0.1) is 0 Å². The molecule has 0 aromatic carbocycles. The van der Waals surface area contributed by atoms with Crippen LogP contribution in [-0.4, -0.2) is 4.98 Å². The van der Waals surface area contributed by atoms with Crippen molar-refractivity contribution in [3.8, 4) is 0 Å². The maximum Gasteiger partial charge on any atom is 0.183 e. The molecule has 3 nitrogen and oxygen atoms in total. The molecule has 0 aliphatic heterocycles. The van der Waals surface area contributed by atoms with Crippen molar-refractivity contribution >= 4 is 43.2 Å². The van der Waals surface area contributed by atoms with Gasteiger partial charge in [-0.1, -0.05) is 0 Å². The smallest absolute Gasteiger partial charge is 0.183 e. The summed E-state index contributed by atoms with van der Waals surface area (Å²) in [6.45, 7) is 1.53. The average Bonchev–Trinajstić information content (AvgIpc) is 2.79. The molecule has 0 fully saturated rings. The minimum absolute atomic E-state index is 0.710. The van der Waals surface area contributed by atoms with Crippen LogP contribution in [0.2, 0.25) is 0 Å². The lowest BCUT2D eigenvalue weighted by Gasteiger charge is -1.98. The SMILES string of the molecule is Brc1cc(CNCc2cncs2)oc1Br. The van der Waals surface area contributed by atoms with Gasteiger partial charge in [-0.15, -0.1) is 11.3 Å². The number of nitrogens with zero attached hydrogens (tertiary/aromatic N) is 1. The molecule has 0 saturated carbocycles. The summed E-state index contributed by atoms with van der Waals surface area (Å²) in [5.74, 6) is 0.901. The quantitative estimate of drug-likeness (QED) is 0.915. The van der Waals surface area contributed by atoms with Gasteiger partial charge in [0.2, 0.25) is 0 Å². The van der Waals surface area contributed by atoms with Crippen LogP contribution in [0.4, 0.5) is 0 Å². The van der Waals surface area contributed by atoms with Crippen LogP contribution in [-0.2, 0) is 13.1 Å². The lowest BCUT2D eigenvalue weighted by Crippen LogP contribution is -2.10. The fourth-order valence-electron chi connectivity index (χ4n) is 1.12. The number of nitrogens with one attached hydrogen (secondary N) is 1. The second kappa shape index (κ2) is 5.25. The fourth-order valence-corrected chi connectivity index (χ4v) is 2.34. The molecule has 0 radical (unpaired) electrons. The van der Waals surface area contributed by atoms with E-state index < -0.39 is 0 Å². The zero-order valence-electron chi connectivity index (χ0n) is 7.67. The molecule has 80 valence electrons. The zero-order valence-corrected chi connectivity index (χ0v) is 11.7. The molecule has 2 aromatic rings. The molecular weight excluding hydrogens is 344 g/mol. The first-order chi connectivity index (χ1) is 7.25. The Morgan fingerprint density at radius 3 is 2.87 bits per heavy atom. The van der Waals surface area contributed by atoms with E-state index in [0.29, 0.717) is 6.54 Å². The molecule has 0 saturated heterocycles. The van der Waals surface area contributed by atoms with Crippen LogP contribution in [0.1, 0.15) is 10.6 Å². The van der Waals surface area contributed by atoms with Gasteiger partial charge < -0.3 is 9.73 Å². The topological polar surface area (TPSA) is 38.1 Å². The fraction of sp³-hybridized carbons (Fsp3) is 0.222. The van der Waals surface area contributed by atoms with E-state index >= 15 is 0 Å². The molecule has 0 aliphatic carbocycles. The minimum atomic E-state index is 0.710. The van der Waals surface area contributed by atoms with Gasteiger partial charge in [0.15, 0.2) is 4.67 Å². The summed E-state index contributed by atoms with van der Waals surface area (Å²) in [7, 11) is 0. The van der Waals surface area contributed by atoms with E-state index in [-0.39, 0.29) is 0 Å². The number of furan rings is 1. The molecule has 15 heavy (non-hydrogen) atoms. The lowest BCUT2D eigenvalue weighted by atomic mass is 10.4. The van der Waals surface area contributed by atoms with Crippen LogP contribution in [0.25, 0.3) is 0 Å². The molecule has 2 rings (SSSR count). The summed E-state index contributed by atoms with van der Waals surface area (Å²) in [6, 6.07) is 1.95. The monoisotopic (exact) mass is 350 g/mol. The van der Waals surface area contributed by atoms with Crippen molar-refractivity contribution in [2.24, 2.45) is 0 Å². The van der Waals surface area contributed by atoms with Crippen LogP contribution < -0.4 is 5.32 Å². The van der Waals surface area contributed by atoms with Crippen LogP contribution >= 0.6 is 43.2 Å². The summed E-state index contributed by atoms with van der Waals surface area (Å²) >= 11 is 8.31. The van der Waals surface area contributed by atoms with Gasteiger partial charge >= 0.3 is 0 Å². The first-order valence-electron chi connectivity index (χ1n) is 4.27. The van der Waals surface area contributed by atoms with Gasteiger partial charge in [-0.2, -0.15) is 0 Å². The largest absolute Gasteiger partial charge is 0.452 e. The molecule has 0 amide bonds.